The average Bonchev–Trinajstić information content (AvgIpc) is 2.38. The minimum absolute atomic E-state index is 0.534. The highest BCUT2D eigenvalue weighted by molar-refractivity contribution is 6.32. The molecule has 0 spiro atoms. The molecule has 0 fully saturated rings. The van der Waals surface area contributed by atoms with Gasteiger partial charge < -0.3 is 10.5 Å². The first-order valence-electron chi connectivity index (χ1n) is 6.02. The van der Waals surface area contributed by atoms with Crippen LogP contribution in [0.5, 0.6) is 5.75 Å². The van der Waals surface area contributed by atoms with Crippen molar-refractivity contribution in [2.24, 2.45) is 5.73 Å². The lowest BCUT2D eigenvalue weighted by Gasteiger charge is -2.08. The fourth-order valence-electron chi connectivity index (χ4n) is 1.84. The van der Waals surface area contributed by atoms with E-state index in [-0.39, 0.29) is 0 Å². The maximum absolute atomic E-state index is 6.13. The van der Waals surface area contributed by atoms with Crippen LogP contribution in [0.15, 0.2) is 24.3 Å². The SMILES string of the molecule is COc1ccc(-c2cc(C)nc(CCN)n2)cc1Cl. The van der Waals surface area contributed by atoms with Crippen molar-refractivity contribution in [3.05, 3.63) is 40.8 Å². The van der Waals surface area contributed by atoms with Gasteiger partial charge in [-0.25, -0.2) is 9.97 Å². The quantitative estimate of drug-likeness (QED) is 0.933. The van der Waals surface area contributed by atoms with Gasteiger partial charge in [-0.3, -0.25) is 0 Å². The molecule has 5 heteroatoms. The van der Waals surface area contributed by atoms with Crippen LogP contribution in [-0.4, -0.2) is 23.6 Å². The third-order valence-corrected chi connectivity index (χ3v) is 3.01. The minimum Gasteiger partial charge on any atom is -0.495 e. The van der Waals surface area contributed by atoms with Gasteiger partial charge in [0.1, 0.15) is 11.6 Å². The molecule has 1 aromatic heterocycles. The molecule has 0 aliphatic heterocycles. The van der Waals surface area contributed by atoms with Crippen molar-refractivity contribution in [3.8, 4) is 17.0 Å². The summed E-state index contributed by atoms with van der Waals surface area (Å²) < 4.78 is 5.14. The summed E-state index contributed by atoms with van der Waals surface area (Å²) in [6.07, 6.45) is 0.665. The van der Waals surface area contributed by atoms with Crippen LogP contribution >= 0.6 is 11.6 Å². The molecule has 100 valence electrons. The number of ether oxygens (including phenoxy) is 1. The number of hydrogen-bond donors (Lipinski definition) is 1. The first-order valence-corrected chi connectivity index (χ1v) is 6.40. The fraction of sp³-hybridized carbons (Fsp3) is 0.286. The van der Waals surface area contributed by atoms with E-state index in [9.17, 15) is 0 Å². The van der Waals surface area contributed by atoms with Crippen molar-refractivity contribution in [2.45, 2.75) is 13.3 Å². The van der Waals surface area contributed by atoms with Gasteiger partial charge in [0, 0.05) is 17.7 Å². The molecule has 0 saturated carbocycles. The zero-order chi connectivity index (χ0) is 13.8. The highest BCUT2D eigenvalue weighted by Crippen LogP contribution is 2.29. The molecule has 19 heavy (non-hydrogen) atoms. The summed E-state index contributed by atoms with van der Waals surface area (Å²) in [4.78, 5) is 8.86. The first-order chi connectivity index (χ1) is 9.13. The molecule has 1 heterocycles. The second-order valence-corrected chi connectivity index (χ2v) is 4.61. The third kappa shape index (κ3) is 3.22. The number of nitrogens with two attached hydrogens (primary N) is 1. The van der Waals surface area contributed by atoms with E-state index in [0.29, 0.717) is 23.7 Å². The zero-order valence-corrected chi connectivity index (χ0v) is 11.7. The van der Waals surface area contributed by atoms with Gasteiger partial charge in [0.15, 0.2) is 0 Å². The van der Waals surface area contributed by atoms with Crippen molar-refractivity contribution in [3.63, 3.8) is 0 Å². The van der Waals surface area contributed by atoms with Gasteiger partial charge in [-0.15, -0.1) is 0 Å². The number of methoxy groups -OCH3 is 1. The van der Waals surface area contributed by atoms with Crippen molar-refractivity contribution in [1.82, 2.24) is 9.97 Å². The topological polar surface area (TPSA) is 61.0 Å². The smallest absolute Gasteiger partial charge is 0.137 e. The molecule has 2 rings (SSSR count). The summed E-state index contributed by atoms with van der Waals surface area (Å²) in [5.74, 6) is 1.41. The Balaban J connectivity index is 2.43. The Kier molecular flexibility index (Phi) is 4.35. The van der Waals surface area contributed by atoms with Crippen LogP contribution in [-0.2, 0) is 6.42 Å². The van der Waals surface area contributed by atoms with Crippen LogP contribution in [0.2, 0.25) is 5.02 Å². The maximum Gasteiger partial charge on any atom is 0.137 e. The second kappa shape index (κ2) is 5.99. The largest absolute Gasteiger partial charge is 0.495 e. The van der Waals surface area contributed by atoms with Crippen molar-refractivity contribution >= 4 is 11.6 Å². The summed E-state index contributed by atoms with van der Waals surface area (Å²) in [5.41, 5.74) is 8.25. The van der Waals surface area contributed by atoms with Crippen LogP contribution in [0.3, 0.4) is 0 Å². The lowest BCUT2D eigenvalue weighted by atomic mass is 10.1. The van der Waals surface area contributed by atoms with Crippen LogP contribution in [0.25, 0.3) is 11.3 Å². The average molecular weight is 278 g/mol. The van der Waals surface area contributed by atoms with E-state index in [2.05, 4.69) is 9.97 Å². The van der Waals surface area contributed by atoms with Crippen molar-refractivity contribution < 1.29 is 4.74 Å². The highest BCUT2D eigenvalue weighted by atomic mass is 35.5. The number of benzene rings is 1. The van der Waals surface area contributed by atoms with Gasteiger partial charge in [0.05, 0.1) is 17.8 Å². The summed E-state index contributed by atoms with van der Waals surface area (Å²) >= 11 is 6.13. The Bertz CT molecular complexity index is 587. The molecule has 2 N–H and O–H groups in total. The van der Waals surface area contributed by atoms with E-state index in [1.807, 2.05) is 31.2 Å². The molecule has 4 nitrogen and oxygen atoms in total. The molecular formula is C14H16ClN3O. The summed E-state index contributed by atoms with van der Waals surface area (Å²) in [5, 5.41) is 0.566. The first kappa shape index (κ1) is 13.8. The standard InChI is InChI=1S/C14H16ClN3O/c1-9-7-12(18-14(17-9)5-6-16)10-3-4-13(19-2)11(15)8-10/h3-4,7-8H,5-6,16H2,1-2H3. The number of nitrogens with zero attached hydrogens (tertiary/aromatic N) is 2. The number of rotatable bonds is 4. The summed E-state index contributed by atoms with van der Waals surface area (Å²) in [7, 11) is 1.59. The Morgan fingerprint density at radius 1 is 1.26 bits per heavy atom. The monoisotopic (exact) mass is 277 g/mol. The number of halogens is 1. The Hall–Kier alpha value is -1.65. The molecule has 0 amide bonds. The van der Waals surface area contributed by atoms with Gasteiger partial charge >= 0.3 is 0 Å². The predicted molar refractivity (Wildman–Crippen MR) is 76.5 cm³/mol. The molecule has 0 atom stereocenters. The van der Waals surface area contributed by atoms with E-state index < -0.39 is 0 Å². The minimum atomic E-state index is 0.534. The van der Waals surface area contributed by atoms with Gasteiger partial charge in [0.25, 0.3) is 0 Å². The molecule has 0 bridgehead atoms. The van der Waals surface area contributed by atoms with E-state index in [0.717, 1.165) is 22.8 Å². The normalized spacial score (nSPS) is 10.5. The Labute approximate surface area is 117 Å². The Morgan fingerprint density at radius 3 is 2.68 bits per heavy atom. The van der Waals surface area contributed by atoms with Crippen LogP contribution < -0.4 is 10.5 Å². The van der Waals surface area contributed by atoms with Crippen LogP contribution in [0.1, 0.15) is 11.5 Å². The summed E-state index contributed by atoms with van der Waals surface area (Å²) in [6.45, 7) is 2.47. The van der Waals surface area contributed by atoms with Crippen LogP contribution in [0.4, 0.5) is 0 Å². The second-order valence-electron chi connectivity index (χ2n) is 4.20. The van der Waals surface area contributed by atoms with Gasteiger partial charge in [-0.2, -0.15) is 0 Å². The molecule has 0 saturated heterocycles. The number of aryl methyl sites for hydroxylation is 1. The molecule has 0 aliphatic rings. The molecule has 2 aromatic rings. The van der Waals surface area contributed by atoms with E-state index >= 15 is 0 Å². The number of hydrogen-bond acceptors (Lipinski definition) is 4. The molecule has 1 aromatic carbocycles. The molecule has 0 unspecified atom stereocenters. The molecule has 0 aliphatic carbocycles. The molecule has 0 radical (unpaired) electrons. The van der Waals surface area contributed by atoms with Gasteiger partial charge in [-0.1, -0.05) is 11.6 Å². The third-order valence-electron chi connectivity index (χ3n) is 2.72. The van der Waals surface area contributed by atoms with E-state index in [1.54, 1.807) is 7.11 Å². The number of aromatic nitrogens is 2. The van der Waals surface area contributed by atoms with Crippen molar-refractivity contribution in [2.75, 3.05) is 13.7 Å². The fourth-order valence-corrected chi connectivity index (χ4v) is 2.10. The lowest BCUT2D eigenvalue weighted by molar-refractivity contribution is 0.415. The predicted octanol–water partition coefficient (Wildman–Crippen LogP) is 2.62. The zero-order valence-electron chi connectivity index (χ0n) is 11.0. The lowest BCUT2D eigenvalue weighted by Crippen LogP contribution is -2.07. The highest BCUT2D eigenvalue weighted by Gasteiger charge is 2.07. The summed E-state index contributed by atoms with van der Waals surface area (Å²) in [6, 6.07) is 7.53. The Morgan fingerprint density at radius 2 is 2.05 bits per heavy atom. The maximum atomic E-state index is 6.13. The molecular weight excluding hydrogens is 262 g/mol. The van der Waals surface area contributed by atoms with E-state index in [4.69, 9.17) is 22.1 Å². The van der Waals surface area contributed by atoms with Crippen LogP contribution in [0, 0.1) is 6.92 Å². The van der Waals surface area contributed by atoms with Gasteiger partial charge in [-0.05, 0) is 37.7 Å². The van der Waals surface area contributed by atoms with Gasteiger partial charge in [0.2, 0.25) is 0 Å². The van der Waals surface area contributed by atoms with E-state index in [1.165, 1.54) is 0 Å². The van der Waals surface area contributed by atoms with Crippen molar-refractivity contribution in [1.29, 1.82) is 0 Å².